The van der Waals surface area contributed by atoms with Crippen molar-refractivity contribution in [1.82, 2.24) is 10.9 Å². The predicted molar refractivity (Wildman–Crippen MR) is 58.3 cm³/mol. The van der Waals surface area contributed by atoms with E-state index in [4.69, 9.17) is 5.73 Å². The van der Waals surface area contributed by atoms with Gasteiger partial charge in [-0.15, -0.1) is 0 Å². The van der Waals surface area contributed by atoms with Crippen molar-refractivity contribution in [3.05, 3.63) is 11.3 Å². The summed E-state index contributed by atoms with van der Waals surface area (Å²) in [5, 5.41) is 0. The largest absolute Gasteiger partial charge is 0.350 e. The van der Waals surface area contributed by atoms with Gasteiger partial charge in [0.1, 0.15) is 0 Å². The van der Waals surface area contributed by atoms with Crippen molar-refractivity contribution >= 4 is 6.03 Å². The molecule has 0 spiro atoms. The van der Waals surface area contributed by atoms with Crippen LogP contribution in [0.2, 0.25) is 0 Å². The molecule has 2 amide bonds. The molecule has 0 aliphatic rings. The topological polar surface area (TPSA) is 67.2 Å². The molecule has 4 heteroatoms. The number of rotatable bonds is 5. The zero-order valence-electron chi connectivity index (χ0n) is 9.48. The zero-order chi connectivity index (χ0) is 11.1. The molecule has 14 heavy (non-hydrogen) atoms. The van der Waals surface area contributed by atoms with Gasteiger partial charge in [0.15, 0.2) is 0 Å². The quantitative estimate of drug-likeness (QED) is 0.592. The molecule has 0 aliphatic heterocycles. The first-order chi connectivity index (χ1) is 6.47. The molecular formula is C10H21N3O. The number of nitrogens with one attached hydrogen (secondary N) is 2. The predicted octanol–water partition coefficient (Wildman–Crippen LogP) is 1.89. The third-order valence-electron chi connectivity index (χ3n) is 2.19. The van der Waals surface area contributed by atoms with Gasteiger partial charge in [-0.25, -0.2) is 4.79 Å². The molecule has 0 aromatic heterocycles. The van der Waals surface area contributed by atoms with Gasteiger partial charge in [-0.1, -0.05) is 25.8 Å². The van der Waals surface area contributed by atoms with Gasteiger partial charge in [-0.05, 0) is 26.2 Å². The summed E-state index contributed by atoms with van der Waals surface area (Å²) in [5.41, 5.74) is 12.4. The Bertz CT molecular complexity index is 219. The van der Waals surface area contributed by atoms with Crippen LogP contribution in [0.4, 0.5) is 4.79 Å². The number of urea groups is 1. The average molecular weight is 199 g/mol. The Morgan fingerprint density at radius 2 is 1.93 bits per heavy atom. The molecule has 0 heterocycles. The van der Waals surface area contributed by atoms with E-state index in [9.17, 15) is 4.79 Å². The number of amides is 2. The van der Waals surface area contributed by atoms with Crippen molar-refractivity contribution in [1.29, 1.82) is 0 Å². The fourth-order valence-electron chi connectivity index (χ4n) is 1.01. The minimum Gasteiger partial charge on any atom is -0.350 e. The number of nitrogens with two attached hydrogens (primary N) is 1. The van der Waals surface area contributed by atoms with Crippen molar-refractivity contribution < 1.29 is 4.79 Å². The van der Waals surface area contributed by atoms with E-state index in [2.05, 4.69) is 24.7 Å². The maximum atomic E-state index is 10.5. The Kier molecular flexibility index (Phi) is 5.76. The summed E-state index contributed by atoms with van der Waals surface area (Å²) in [6.07, 6.45) is 2.05. The number of allylic oxidation sites excluding steroid dienone is 2. The molecule has 0 aromatic carbocycles. The number of hydrazine groups is 1. The first kappa shape index (κ1) is 12.8. The summed E-state index contributed by atoms with van der Waals surface area (Å²) in [7, 11) is 0. The molecule has 0 aliphatic carbocycles. The normalized spacial score (nSPS) is 11.7. The van der Waals surface area contributed by atoms with E-state index in [0.29, 0.717) is 5.92 Å². The van der Waals surface area contributed by atoms with Gasteiger partial charge in [0.2, 0.25) is 0 Å². The number of primary amides is 1. The summed E-state index contributed by atoms with van der Waals surface area (Å²) in [4.78, 5) is 10.5. The smallest absolute Gasteiger partial charge is 0.330 e. The second kappa shape index (κ2) is 6.29. The molecule has 0 unspecified atom stereocenters. The van der Waals surface area contributed by atoms with Crippen LogP contribution in [0, 0.1) is 5.92 Å². The molecule has 0 rings (SSSR count). The van der Waals surface area contributed by atoms with Gasteiger partial charge < -0.3 is 11.2 Å². The fourth-order valence-corrected chi connectivity index (χ4v) is 1.01. The Balaban J connectivity index is 4.19. The van der Waals surface area contributed by atoms with Crippen LogP contribution in [-0.4, -0.2) is 6.03 Å². The third kappa shape index (κ3) is 5.45. The molecule has 0 bridgehead atoms. The van der Waals surface area contributed by atoms with Gasteiger partial charge in [-0.3, -0.25) is 5.43 Å². The molecule has 4 N–H and O–H groups in total. The molecule has 1 atom stereocenters. The number of carbonyl (C=O) groups is 1. The van der Waals surface area contributed by atoms with Crippen molar-refractivity contribution in [2.24, 2.45) is 11.7 Å². The Morgan fingerprint density at radius 1 is 1.36 bits per heavy atom. The molecule has 0 radical (unpaired) electrons. The number of hydrogen-bond donors (Lipinski definition) is 3. The number of hydrogen-bond acceptors (Lipinski definition) is 2. The van der Waals surface area contributed by atoms with E-state index in [1.54, 1.807) is 0 Å². The molecule has 0 fully saturated rings. The first-order valence-corrected chi connectivity index (χ1v) is 4.95. The highest BCUT2D eigenvalue weighted by molar-refractivity contribution is 5.71. The van der Waals surface area contributed by atoms with Gasteiger partial charge in [-0.2, -0.15) is 0 Å². The van der Waals surface area contributed by atoms with E-state index in [-0.39, 0.29) is 0 Å². The van der Waals surface area contributed by atoms with Gasteiger partial charge in [0, 0.05) is 5.70 Å². The molecular weight excluding hydrogens is 178 g/mol. The summed E-state index contributed by atoms with van der Waals surface area (Å²) >= 11 is 0. The van der Waals surface area contributed by atoms with Crippen molar-refractivity contribution in [3.8, 4) is 0 Å². The van der Waals surface area contributed by atoms with E-state index >= 15 is 0 Å². The second-order valence-corrected chi connectivity index (χ2v) is 3.81. The lowest BCUT2D eigenvalue weighted by Crippen LogP contribution is -2.41. The third-order valence-corrected chi connectivity index (χ3v) is 2.19. The molecule has 82 valence electrons. The van der Waals surface area contributed by atoms with Crippen LogP contribution in [0.3, 0.4) is 0 Å². The van der Waals surface area contributed by atoms with Crippen molar-refractivity contribution in [2.45, 2.75) is 40.5 Å². The number of carbonyl (C=O) groups excluding carboxylic acids is 1. The maximum Gasteiger partial charge on any atom is 0.330 e. The Labute approximate surface area is 85.9 Å². The van der Waals surface area contributed by atoms with Crippen LogP contribution in [0.25, 0.3) is 0 Å². The SMILES string of the molecule is CC[C@H](C)CC(NNC(N)=O)=C(C)C. The van der Waals surface area contributed by atoms with Crippen LogP contribution in [0.15, 0.2) is 11.3 Å². The maximum absolute atomic E-state index is 10.5. The van der Waals surface area contributed by atoms with Crippen LogP contribution in [0.5, 0.6) is 0 Å². The van der Waals surface area contributed by atoms with Gasteiger partial charge >= 0.3 is 6.03 Å². The first-order valence-electron chi connectivity index (χ1n) is 4.95. The molecule has 4 nitrogen and oxygen atoms in total. The highest BCUT2D eigenvalue weighted by atomic mass is 16.2. The van der Waals surface area contributed by atoms with E-state index in [1.807, 2.05) is 13.8 Å². The van der Waals surface area contributed by atoms with Crippen LogP contribution >= 0.6 is 0 Å². The van der Waals surface area contributed by atoms with Gasteiger partial charge in [0.25, 0.3) is 0 Å². The van der Waals surface area contributed by atoms with Crippen molar-refractivity contribution in [2.75, 3.05) is 0 Å². The standard InChI is InChI=1S/C10H21N3O/c1-5-8(4)6-9(7(2)3)12-13-10(11)14/h8,12H,5-6H2,1-4H3,(H3,11,13,14)/t8-/m0/s1. The molecule has 0 saturated heterocycles. The summed E-state index contributed by atoms with van der Waals surface area (Å²) in [5.74, 6) is 0.599. The van der Waals surface area contributed by atoms with Crippen LogP contribution in [0.1, 0.15) is 40.5 Å². The minimum atomic E-state index is -0.562. The molecule has 0 aromatic rings. The molecule has 0 saturated carbocycles. The van der Waals surface area contributed by atoms with E-state index in [0.717, 1.165) is 18.5 Å². The van der Waals surface area contributed by atoms with E-state index < -0.39 is 6.03 Å². The highest BCUT2D eigenvalue weighted by Gasteiger charge is 2.05. The second-order valence-electron chi connectivity index (χ2n) is 3.81. The highest BCUT2D eigenvalue weighted by Crippen LogP contribution is 2.14. The lowest BCUT2D eigenvalue weighted by molar-refractivity contribution is 0.245. The summed E-state index contributed by atoms with van der Waals surface area (Å²) in [6.45, 7) is 8.34. The summed E-state index contributed by atoms with van der Waals surface area (Å²) < 4.78 is 0. The van der Waals surface area contributed by atoms with Crippen molar-refractivity contribution in [3.63, 3.8) is 0 Å². The Morgan fingerprint density at radius 3 is 2.29 bits per heavy atom. The van der Waals surface area contributed by atoms with Crippen LogP contribution < -0.4 is 16.6 Å². The Hall–Kier alpha value is -1.19. The van der Waals surface area contributed by atoms with E-state index in [1.165, 1.54) is 5.57 Å². The monoisotopic (exact) mass is 199 g/mol. The lowest BCUT2D eigenvalue weighted by Gasteiger charge is -2.16. The lowest BCUT2D eigenvalue weighted by atomic mass is 10.0. The average Bonchev–Trinajstić information content (AvgIpc) is 2.10. The van der Waals surface area contributed by atoms with Crippen LogP contribution in [-0.2, 0) is 0 Å². The van der Waals surface area contributed by atoms with Gasteiger partial charge in [0.05, 0.1) is 0 Å². The summed E-state index contributed by atoms with van der Waals surface area (Å²) in [6, 6.07) is -0.562. The fraction of sp³-hybridized carbons (Fsp3) is 0.700. The zero-order valence-corrected chi connectivity index (χ0v) is 9.48. The minimum absolute atomic E-state index is 0.562.